The van der Waals surface area contributed by atoms with Gasteiger partial charge in [0, 0.05) is 19.4 Å². The van der Waals surface area contributed by atoms with Crippen molar-refractivity contribution in [3.05, 3.63) is 11.6 Å². The molecule has 9 aliphatic rings. The van der Waals surface area contributed by atoms with E-state index in [9.17, 15) is 61.3 Å². The molecule has 22 heteroatoms. The number of hydrogen-bond acceptors (Lipinski definition) is 22. The Labute approximate surface area is 432 Å². The minimum Gasteiger partial charge on any atom is -0.394 e. The van der Waals surface area contributed by atoms with Gasteiger partial charge in [-0.05, 0) is 106 Å². The molecule has 9 rings (SSSR count). The normalized spacial score (nSPS) is 54.9. The van der Waals surface area contributed by atoms with Gasteiger partial charge in [0.1, 0.15) is 85.5 Å². The second-order valence-electron chi connectivity index (χ2n) is 24.0. The zero-order valence-electron chi connectivity index (χ0n) is 43.7. The highest BCUT2D eigenvalue weighted by Crippen LogP contribution is 2.70. The van der Waals surface area contributed by atoms with Gasteiger partial charge in [0.2, 0.25) is 0 Å². The van der Waals surface area contributed by atoms with Crippen molar-refractivity contribution in [1.29, 1.82) is 0 Å². The molecule has 4 aliphatic carbocycles. The van der Waals surface area contributed by atoms with Crippen LogP contribution in [0.1, 0.15) is 99.3 Å². The second kappa shape index (κ2) is 22.4. The van der Waals surface area contributed by atoms with Gasteiger partial charge in [0.05, 0.1) is 44.2 Å². The Bertz CT molecular complexity index is 1920. The van der Waals surface area contributed by atoms with Crippen LogP contribution in [0.15, 0.2) is 11.6 Å². The van der Waals surface area contributed by atoms with Crippen LogP contribution in [-0.2, 0) is 47.4 Å². The molecule has 31 unspecified atom stereocenters. The number of methoxy groups -OCH3 is 1. The Hall–Kier alpha value is -1.14. The third kappa shape index (κ3) is 10.1. The minimum absolute atomic E-state index is 0.00465. The molecule has 0 aromatic heterocycles. The minimum atomic E-state index is -1.74. The molecule has 74 heavy (non-hydrogen) atoms. The summed E-state index contributed by atoms with van der Waals surface area (Å²) in [6, 6.07) is 0. The summed E-state index contributed by atoms with van der Waals surface area (Å²) >= 11 is 0. The van der Waals surface area contributed by atoms with Gasteiger partial charge in [0.25, 0.3) is 0 Å². The number of aliphatic hydroxyl groups excluding tert-OH is 12. The van der Waals surface area contributed by atoms with E-state index in [1.165, 1.54) is 19.4 Å². The fourth-order valence-corrected chi connectivity index (χ4v) is 15.3. The lowest BCUT2D eigenvalue weighted by Crippen LogP contribution is -2.66. The molecular formula is C52H86O22. The Balaban J connectivity index is 0.854. The van der Waals surface area contributed by atoms with Crippen LogP contribution in [0.25, 0.3) is 0 Å². The highest BCUT2D eigenvalue weighted by Gasteiger charge is 2.68. The SMILES string of the molecule is COC1(CCC(C)COC2OC(CO)C(O)C(O)C2O)OC2CC3C4CC=C5CC(OC6OC(CO)C(OC7OC(C)C(O)C(O)C7O)C(O)C6OC6OC(C)C(O)C(O)C6O)CCC5(C)C4CCC3(C)C2C1C. The summed E-state index contributed by atoms with van der Waals surface area (Å²) in [7, 11) is 1.72. The molecule has 0 amide bonds. The van der Waals surface area contributed by atoms with Crippen molar-refractivity contribution in [3.8, 4) is 0 Å². The van der Waals surface area contributed by atoms with Crippen LogP contribution in [-0.4, -0.2) is 229 Å². The van der Waals surface area contributed by atoms with Crippen molar-refractivity contribution in [2.45, 2.75) is 240 Å². The van der Waals surface area contributed by atoms with E-state index >= 15 is 0 Å². The molecule has 22 nitrogen and oxygen atoms in total. The van der Waals surface area contributed by atoms with Crippen molar-refractivity contribution in [3.63, 3.8) is 0 Å². The van der Waals surface area contributed by atoms with Gasteiger partial charge >= 0.3 is 0 Å². The van der Waals surface area contributed by atoms with Crippen LogP contribution in [0.3, 0.4) is 0 Å². The molecule has 3 saturated carbocycles. The summed E-state index contributed by atoms with van der Waals surface area (Å²) in [4.78, 5) is 0. The lowest BCUT2D eigenvalue weighted by atomic mass is 9.47. The van der Waals surface area contributed by atoms with Gasteiger partial charge in [-0.25, -0.2) is 0 Å². The molecule has 12 N–H and O–H groups in total. The van der Waals surface area contributed by atoms with Crippen LogP contribution in [0.2, 0.25) is 0 Å². The van der Waals surface area contributed by atoms with Crippen LogP contribution < -0.4 is 0 Å². The van der Waals surface area contributed by atoms with Crippen molar-refractivity contribution < 1.29 is 109 Å². The van der Waals surface area contributed by atoms with Crippen LogP contribution in [0.5, 0.6) is 0 Å². The number of fused-ring (bicyclic) bond motifs is 7. The monoisotopic (exact) mass is 1060 g/mol. The molecule has 5 saturated heterocycles. The Kier molecular flexibility index (Phi) is 17.4. The van der Waals surface area contributed by atoms with Crippen LogP contribution >= 0.6 is 0 Å². The van der Waals surface area contributed by atoms with E-state index < -0.39 is 148 Å². The largest absolute Gasteiger partial charge is 0.394 e. The van der Waals surface area contributed by atoms with Gasteiger partial charge in [0.15, 0.2) is 30.9 Å². The summed E-state index contributed by atoms with van der Waals surface area (Å²) in [6.45, 7) is 11.1. The summed E-state index contributed by atoms with van der Waals surface area (Å²) in [6.07, 6.45) is -19.4. The number of hydrogen-bond donors (Lipinski definition) is 12. The predicted octanol–water partition coefficient (Wildman–Crippen LogP) is -1.33. The zero-order chi connectivity index (χ0) is 53.5. The molecule has 5 heterocycles. The molecule has 0 radical (unpaired) electrons. The Morgan fingerprint density at radius 1 is 0.649 bits per heavy atom. The van der Waals surface area contributed by atoms with E-state index in [2.05, 4.69) is 26.8 Å². The molecule has 8 fully saturated rings. The van der Waals surface area contributed by atoms with E-state index in [-0.39, 0.29) is 41.3 Å². The lowest BCUT2D eigenvalue weighted by Gasteiger charge is -2.58. The molecule has 5 aliphatic heterocycles. The quantitative estimate of drug-likeness (QED) is 0.0846. The average Bonchev–Trinajstić information content (AvgIpc) is 3.84. The average molecular weight is 1060 g/mol. The summed E-state index contributed by atoms with van der Waals surface area (Å²) in [5.74, 6) is 0.884. The molecule has 0 bridgehead atoms. The van der Waals surface area contributed by atoms with E-state index in [4.69, 9.17) is 47.4 Å². The molecular weight excluding hydrogens is 977 g/mol. The van der Waals surface area contributed by atoms with Gasteiger partial charge < -0.3 is 109 Å². The maximum Gasteiger partial charge on any atom is 0.187 e. The smallest absolute Gasteiger partial charge is 0.187 e. The topological polar surface area (TPSA) is 335 Å². The predicted molar refractivity (Wildman–Crippen MR) is 254 cm³/mol. The zero-order valence-corrected chi connectivity index (χ0v) is 43.7. The van der Waals surface area contributed by atoms with Crippen LogP contribution in [0.4, 0.5) is 0 Å². The fourth-order valence-electron chi connectivity index (χ4n) is 15.3. The fraction of sp³-hybridized carbons (Fsp3) is 0.962. The summed E-state index contributed by atoms with van der Waals surface area (Å²) in [5.41, 5.74) is 1.19. The second-order valence-corrected chi connectivity index (χ2v) is 24.0. The van der Waals surface area contributed by atoms with Gasteiger partial charge in [-0.2, -0.15) is 0 Å². The maximum atomic E-state index is 12.1. The van der Waals surface area contributed by atoms with Crippen LogP contribution in [0, 0.1) is 46.3 Å². The molecule has 0 spiro atoms. The number of aliphatic hydroxyl groups is 12. The number of ether oxygens (including phenoxy) is 10. The van der Waals surface area contributed by atoms with Crippen molar-refractivity contribution in [1.82, 2.24) is 0 Å². The number of allylic oxidation sites excluding steroid dienone is 1. The first kappa shape index (κ1) is 57.5. The van der Waals surface area contributed by atoms with Crippen molar-refractivity contribution in [2.75, 3.05) is 26.9 Å². The van der Waals surface area contributed by atoms with E-state index in [0.717, 1.165) is 32.1 Å². The molecule has 31 atom stereocenters. The Morgan fingerprint density at radius 3 is 1.86 bits per heavy atom. The molecule has 0 aromatic rings. The third-order valence-electron chi connectivity index (χ3n) is 19.8. The number of rotatable bonds is 15. The first-order valence-corrected chi connectivity index (χ1v) is 27.2. The highest BCUT2D eigenvalue weighted by atomic mass is 16.8. The van der Waals surface area contributed by atoms with Crippen molar-refractivity contribution >= 4 is 0 Å². The van der Waals surface area contributed by atoms with Gasteiger partial charge in [-0.3, -0.25) is 0 Å². The first-order valence-electron chi connectivity index (χ1n) is 27.2. The van der Waals surface area contributed by atoms with Gasteiger partial charge in [-0.1, -0.05) is 39.3 Å². The third-order valence-corrected chi connectivity index (χ3v) is 19.8. The van der Waals surface area contributed by atoms with E-state index in [0.29, 0.717) is 43.4 Å². The molecule has 426 valence electrons. The summed E-state index contributed by atoms with van der Waals surface area (Å²) < 4.78 is 61.5. The summed E-state index contributed by atoms with van der Waals surface area (Å²) in [5, 5.41) is 127. The van der Waals surface area contributed by atoms with E-state index in [1.54, 1.807) is 7.11 Å². The van der Waals surface area contributed by atoms with Crippen molar-refractivity contribution in [2.24, 2.45) is 46.3 Å². The van der Waals surface area contributed by atoms with E-state index in [1.807, 2.05) is 6.92 Å². The standard InChI is InChI=1S/C52H86O22/c1-21(20-66-46-40(61)39(60)36(57)31(18-53)70-46)10-15-52(65-7)22(2)33-30(74-52)17-29-27-9-8-25-16-26(11-13-50(25,5)28(27)12-14-51(29,33)6)69-49-45(73-48-42(63)38(59)35(56)24(4)68-48)43(64)44(32(19-54)71-49)72-47-41(62)37(58)34(55)23(3)67-47/h8,21-24,26-49,53-64H,9-20H2,1-7H3. The lowest BCUT2D eigenvalue weighted by molar-refractivity contribution is -0.388. The highest BCUT2D eigenvalue weighted by molar-refractivity contribution is 5.26. The Morgan fingerprint density at radius 2 is 1.24 bits per heavy atom. The molecule has 0 aromatic carbocycles. The maximum absolute atomic E-state index is 12.1. The first-order chi connectivity index (χ1) is 35.0. The van der Waals surface area contributed by atoms with Gasteiger partial charge in [-0.15, -0.1) is 0 Å².